The van der Waals surface area contributed by atoms with Crippen molar-refractivity contribution in [1.29, 1.82) is 0 Å². The minimum Gasteiger partial charge on any atom is -0.352 e. The molecule has 2 saturated heterocycles. The maximum Gasteiger partial charge on any atom is 0.243 e. The van der Waals surface area contributed by atoms with E-state index < -0.39 is 21.8 Å². The standard InChI is InChI=1S/C23H26FN3O4S/c24-19-7-11-21(12-8-19)32(30,31)26-13-1-3-18(16-26)23(29)25-15-17-5-9-20(10-6-17)27-14-2-4-22(27)28/h5-12,18H,1-4,13-16H2,(H,25,29)/t18-/m0/s1. The molecule has 0 spiro atoms. The quantitative estimate of drug-likeness (QED) is 0.720. The Hall–Kier alpha value is -2.78. The van der Waals surface area contributed by atoms with Crippen LogP contribution in [-0.4, -0.2) is 44.2 Å². The highest BCUT2D eigenvalue weighted by Gasteiger charge is 2.33. The number of benzene rings is 2. The van der Waals surface area contributed by atoms with Gasteiger partial charge in [-0.25, -0.2) is 12.8 Å². The fraction of sp³-hybridized carbons (Fsp3) is 0.391. The zero-order chi connectivity index (χ0) is 22.7. The first-order valence-electron chi connectivity index (χ1n) is 10.8. The zero-order valence-corrected chi connectivity index (χ0v) is 18.5. The number of nitrogens with one attached hydrogen (secondary N) is 1. The predicted octanol–water partition coefficient (Wildman–Crippen LogP) is 2.67. The Morgan fingerprint density at radius 1 is 1.03 bits per heavy atom. The van der Waals surface area contributed by atoms with Crippen LogP contribution >= 0.6 is 0 Å². The van der Waals surface area contributed by atoms with Gasteiger partial charge in [-0.3, -0.25) is 9.59 Å². The van der Waals surface area contributed by atoms with Crippen molar-refractivity contribution in [3.8, 4) is 0 Å². The van der Waals surface area contributed by atoms with Gasteiger partial charge in [0.2, 0.25) is 21.8 Å². The van der Waals surface area contributed by atoms with Crippen molar-refractivity contribution < 1.29 is 22.4 Å². The minimum absolute atomic E-state index is 0.0246. The summed E-state index contributed by atoms with van der Waals surface area (Å²) in [5.41, 5.74) is 1.76. The Kier molecular flexibility index (Phi) is 6.57. The van der Waals surface area contributed by atoms with Gasteiger partial charge < -0.3 is 10.2 Å². The summed E-state index contributed by atoms with van der Waals surface area (Å²) in [6, 6.07) is 12.2. The smallest absolute Gasteiger partial charge is 0.243 e. The molecule has 32 heavy (non-hydrogen) atoms. The van der Waals surface area contributed by atoms with Gasteiger partial charge in [0, 0.05) is 38.3 Å². The molecule has 2 amide bonds. The van der Waals surface area contributed by atoms with Crippen LogP contribution in [0.5, 0.6) is 0 Å². The highest BCUT2D eigenvalue weighted by Crippen LogP contribution is 2.25. The van der Waals surface area contributed by atoms with Gasteiger partial charge >= 0.3 is 0 Å². The van der Waals surface area contributed by atoms with Crippen molar-refractivity contribution in [3.63, 3.8) is 0 Å². The molecule has 0 bridgehead atoms. The van der Waals surface area contributed by atoms with Crippen molar-refractivity contribution in [2.24, 2.45) is 5.92 Å². The third-order valence-electron chi connectivity index (χ3n) is 5.99. The Labute approximate surface area is 187 Å². The largest absolute Gasteiger partial charge is 0.352 e. The van der Waals surface area contributed by atoms with Gasteiger partial charge in [0.1, 0.15) is 5.82 Å². The van der Waals surface area contributed by atoms with Gasteiger partial charge in [-0.15, -0.1) is 0 Å². The number of sulfonamides is 1. The molecule has 0 unspecified atom stereocenters. The van der Waals surface area contributed by atoms with E-state index in [0.717, 1.165) is 36.3 Å². The molecule has 2 aliphatic heterocycles. The first-order chi connectivity index (χ1) is 15.3. The van der Waals surface area contributed by atoms with Gasteiger partial charge in [-0.05, 0) is 61.2 Å². The zero-order valence-electron chi connectivity index (χ0n) is 17.7. The Bertz CT molecular complexity index is 1090. The molecule has 2 aromatic rings. The average molecular weight is 460 g/mol. The van der Waals surface area contributed by atoms with E-state index in [1.165, 1.54) is 16.4 Å². The second-order valence-electron chi connectivity index (χ2n) is 8.19. The number of nitrogens with zero attached hydrogens (tertiary/aromatic N) is 2. The number of piperidine rings is 1. The second kappa shape index (κ2) is 9.38. The molecular formula is C23H26FN3O4S. The summed E-state index contributed by atoms with van der Waals surface area (Å²) < 4.78 is 40.2. The molecule has 0 saturated carbocycles. The van der Waals surface area contributed by atoms with Crippen LogP contribution in [0.1, 0.15) is 31.2 Å². The molecule has 1 N–H and O–H groups in total. The summed E-state index contributed by atoms with van der Waals surface area (Å²) in [6.45, 7) is 1.49. The van der Waals surface area contributed by atoms with Crippen LogP contribution in [0.25, 0.3) is 0 Å². The summed E-state index contributed by atoms with van der Waals surface area (Å²) in [5.74, 6) is -1.01. The van der Waals surface area contributed by atoms with Crippen LogP contribution in [0, 0.1) is 11.7 Å². The van der Waals surface area contributed by atoms with E-state index in [-0.39, 0.29) is 23.3 Å². The molecular weight excluding hydrogens is 433 g/mol. The SMILES string of the molecule is O=C(NCc1ccc(N2CCCC2=O)cc1)[C@H]1CCCN(S(=O)(=O)c2ccc(F)cc2)C1. The lowest BCUT2D eigenvalue weighted by atomic mass is 9.98. The molecule has 0 radical (unpaired) electrons. The van der Waals surface area contributed by atoms with Gasteiger partial charge in [-0.1, -0.05) is 12.1 Å². The van der Waals surface area contributed by atoms with E-state index >= 15 is 0 Å². The fourth-order valence-electron chi connectivity index (χ4n) is 4.18. The van der Waals surface area contributed by atoms with Crippen molar-refractivity contribution >= 4 is 27.5 Å². The molecule has 2 fully saturated rings. The van der Waals surface area contributed by atoms with E-state index in [2.05, 4.69) is 5.32 Å². The molecule has 4 rings (SSSR count). The van der Waals surface area contributed by atoms with Gasteiger partial charge in [0.15, 0.2) is 0 Å². The molecule has 0 aliphatic carbocycles. The number of rotatable bonds is 6. The van der Waals surface area contributed by atoms with Crippen LogP contribution in [0.4, 0.5) is 10.1 Å². The monoisotopic (exact) mass is 459 g/mol. The number of halogens is 1. The lowest BCUT2D eigenvalue weighted by molar-refractivity contribution is -0.126. The summed E-state index contributed by atoms with van der Waals surface area (Å²) in [5, 5.41) is 2.90. The molecule has 0 aromatic heterocycles. The van der Waals surface area contributed by atoms with Gasteiger partial charge in [0.05, 0.1) is 10.8 Å². The number of anilines is 1. The molecule has 2 heterocycles. The first kappa shape index (κ1) is 22.4. The number of hydrogen-bond donors (Lipinski definition) is 1. The maximum atomic E-state index is 13.1. The van der Waals surface area contributed by atoms with Crippen molar-refractivity contribution in [2.45, 2.75) is 37.1 Å². The number of amides is 2. The minimum atomic E-state index is -3.78. The third kappa shape index (κ3) is 4.83. The molecule has 1 atom stereocenters. The lowest BCUT2D eigenvalue weighted by Gasteiger charge is -2.31. The van der Waals surface area contributed by atoms with Crippen LogP contribution in [0.2, 0.25) is 0 Å². The van der Waals surface area contributed by atoms with Crippen LogP contribution in [0.15, 0.2) is 53.4 Å². The van der Waals surface area contributed by atoms with Crippen LogP contribution in [0.3, 0.4) is 0 Å². The normalized spacial score (nSPS) is 19.8. The van der Waals surface area contributed by atoms with E-state index in [0.29, 0.717) is 32.4 Å². The Balaban J connectivity index is 1.34. The summed E-state index contributed by atoms with van der Waals surface area (Å²) in [4.78, 5) is 26.4. The highest BCUT2D eigenvalue weighted by atomic mass is 32.2. The number of carbonyl (C=O) groups excluding carboxylic acids is 2. The second-order valence-corrected chi connectivity index (χ2v) is 10.1. The average Bonchev–Trinajstić information content (AvgIpc) is 3.24. The molecule has 7 nitrogen and oxygen atoms in total. The van der Waals surface area contributed by atoms with E-state index in [1.807, 2.05) is 24.3 Å². The Morgan fingerprint density at radius 2 is 1.75 bits per heavy atom. The molecule has 170 valence electrons. The lowest BCUT2D eigenvalue weighted by Crippen LogP contribution is -2.45. The summed E-state index contributed by atoms with van der Waals surface area (Å²) in [6.07, 6.45) is 2.63. The maximum absolute atomic E-state index is 13.1. The van der Waals surface area contributed by atoms with Crippen molar-refractivity contribution in [3.05, 3.63) is 59.9 Å². The highest BCUT2D eigenvalue weighted by molar-refractivity contribution is 7.89. The van der Waals surface area contributed by atoms with E-state index in [9.17, 15) is 22.4 Å². The van der Waals surface area contributed by atoms with E-state index in [4.69, 9.17) is 0 Å². The molecule has 2 aromatic carbocycles. The van der Waals surface area contributed by atoms with Gasteiger partial charge in [-0.2, -0.15) is 4.31 Å². The summed E-state index contributed by atoms with van der Waals surface area (Å²) >= 11 is 0. The molecule has 9 heteroatoms. The first-order valence-corrected chi connectivity index (χ1v) is 12.2. The predicted molar refractivity (Wildman–Crippen MR) is 118 cm³/mol. The topological polar surface area (TPSA) is 86.8 Å². The fourth-order valence-corrected chi connectivity index (χ4v) is 5.70. The number of hydrogen-bond acceptors (Lipinski definition) is 4. The van der Waals surface area contributed by atoms with E-state index in [1.54, 1.807) is 4.90 Å². The van der Waals surface area contributed by atoms with Gasteiger partial charge in [0.25, 0.3) is 0 Å². The number of carbonyl (C=O) groups is 2. The Morgan fingerprint density at radius 3 is 2.41 bits per heavy atom. The summed E-state index contributed by atoms with van der Waals surface area (Å²) in [7, 11) is -3.78. The van der Waals surface area contributed by atoms with Crippen LogP contribution in [-0.2, 0) is 26.2 Å². The van der Waals surface area contributed by atoms with Crippen molar-refractivity contribution in [2.75, 3.05) is 24.5 Å². The van der Waals surface area contributed by atoms with Crippen LogP contribution < -0.4 is 10.2 Å². The third-order valence-corrected chi connectivity index (χ3v) is 7.87. The molecule has 2 aliphatic rings. The van der Waals surface area contributed by atoms with Crippen molar-refractivity contribution in [1.82, 2.24) is 9.62 Å².